The van der Waals surface area contributed by atoms with Crippen LogP contribution < -0.4 is 16.0 Å². The molecule has 18 heavy (non-hydrogen) atoms. The van der Waals surface area contributed by atoms with Crippen LogP contribution in [0.25, 0.3) is 0 Å². The predicted octanol–water partition coefficient (Wildman–Crippen LogP) is 2.09. The number of aromatic nitrogens is 1. The lowest BCUT2D eigenvalue weighted by Gasteiger charge is -2.08. The fourth-order valence-electron chi connectivity index (χ4n) is 1.41. The van der Waals surface area contributed by atoms with Gasteiger partial charge >= 0.3 is 0 Å². The molecule has 0 bridgehead atoms. The number of hydrazine groups is 1. The molecule has 3 N–H and O–H groups in total. The van der Waals surface area contributed by atoms with Gasteiger partial charge in [-0.15, -0.1) is 0 Å². The lowest BCUT2D eigenvalue weighted by atomic mass is 10.1. The van der Waals surface area contributed by atoms with Crippen molar-refractivity contribution in [2.24, 2.45) is 11.8 Å². The molecule has 100 valence electrons. The number of pyridine rings is 1. The Hall–Kier alpha value is -1.89. The predicted molar refractivity (Wildman–Crippen MR) is 68.3 cm³/mol. The van der Waals surface area contributed by atoms with Gasteiger partial charge in [-0.1, -0.05) is 13.8 Å². The van der Waals surface area contributed by atoms with E-state index in [0.29, 0.717) is 12.5 Å². The van der Waals surface area contributed by atoms with Crippen LogP contribution in [0.3, 0.4) is 0 Å². The second-order valence-electron chi connectivity index (χ2n) is 4.33. The summed E-state index contributed by atoms with van der Waals surface area (Å²) >= 11 is 0. The number of nitrogens with zero attached hydrogens (tertiary/aromatic N) is 2. The molecule has 7 nitrogen and oxygen atoms in total. The van der Waals surface area contributed by atoms with E-state index < -0.39 is 4.92 Å². The highest BCUT2D eigenvalue weighted by atomic mass is 16.6. The van der Waals surface area contributed by atoms with Gasteiger partial charge in [0.1, 0.15) is 0 Å². The van der Waals surface area contributed by atoms with E-state index in [9.17, 15) is 10.1 Å². The molecule has 0 radical (unpaired) electrons. The van der Waals surface area contributed by atoms with Gasteiger partial charge in [-0.2, -0.15) is 4.98 Å². The SMILES string of the molecule is CC(C)CCCOc1cc([N+](=O)[O-])cc(NN)n1. The van der Waals surface area contributed by atoms with E-state index in [4.69, 9.17) is 10.6 Å². The maximum absolute atomic E-state index is 10.7. The molecule has 0 unspecified atom stereocenters. The summed E-state index contributed by atoms with van der Waals surface area (Å²) in [6.07, 6.45) is 1.92. The molecular formula is C11H18N4O3. The molecule has 0 saturated carbocycles. The van der Waals surface area contributed by atoms with Gasteiger partial charge in [0.05, 0.1) is 23.7 Å². The summed E-state index contributed by atoms with van der Waals surface area (Å²) in [4.78, 5) is 14.2. The number of nitrogens with one attached hydrogen (secondary N) is 1. The highest BCUT2D eigenvalue weighted by Crippen LogP contribution is 2.21. The van der Waals surface area contributed by atoms with Gasteiger partial charge in [0.25, 0.3) is 5.69 Å². The number of nitrogen functional groups attached to an aromatic ring is 1. The van der Waals surface area contributed by atoms with Crippen LogP contribution in [-0.2, 0) is 0 Å². The first-order valence-electron chi connectivity index (χ1n) is 5.79. The van der Waals surface area contributed by atoms with Crippen LogP contribution in [0.5, 0.6) is 5.88 Å². The second kappa shape index (κ2) is 6.75. The maximum Gasteiger partial charge on any atom is 0.278 e. The Morgan fingerprint density at radius 3 is 2.83 bits per heavy atom. The Balaban J connectivity index is 2.64. The Kier molecular flexibility index (Phi) is 5.31. The zero-order chi connectivity index (χ0) is 13.5. The normalized spacial score (nSPS) is 10.4. The van der Waals surface area contributed by atoms with Crippen molar-refractivity contribution in [1.29, 1.82) is 0 Å². The van der Waals surface area contributed by atoms with Crippen molar-refractivity contribution < 1.29 is 9.66 Å². The Bertz CT molecular complexity index is 409. The van der Waals surface area contributed by atoms with Crippen molar-refractivity contribution in [2.45, 2.75) is 26.7 Å². The molecule has 0 atom stereocenters. The topological polar surface area (TPSA) is 103 Å². The minimum atomic E-state index is -0.510. The summed E-state index contributed by atoms with van der Waals surface area (Å²) in [5, 5.41) is 10.7. The van der Waals surface area contributed by atoms with Gasteiger partial charge in [0.15, 0.2) is 5.82 Å². The molecule has 0 spiro atoms. The van der Waals surface area contributed by atoms with Gasteiger partial charge < -0.3 is 10.2 Å². The summed E-state index contributed by atoms with van der Waals surface area (Å²) in [7, 11) is 0. The summed E-state index contributed by atoms with van der Waals surface area (Å²) < 4.78 is 5.38. The minimum absolute atomic E-state index is 0.100. The summed E-state index contributed by atoms with van der Waals surface area (Å²) in [6, 6.07) is 2.54. The molecule has 0 aliphatic carbocycles. The average Bonchev–Trinajstić information content (AvgIpc) is 2.34. The van der Waals surface area contributed by atoms with E-state index in [-0.39, 0.29) is 17.4 Å². The van der Waals surface area contributed by atoms with Gasteiger partial charge in [0, 0.05) is 0 Å². The molecule has 7 heteroatoms. The minimum Gasteiger partial charge on any atom is -0.477 e. The Labute approximate surface area is 105 Å². The molecule has 0 aliphatic heterocycles. The second-order valence-corrected chi connectivity index (χ2v) is 4.33. The third-order valence-corrected chi connectivity index (χ3v) is 2.32. The standard InChI is InChI=1S/C11H18N4O3/c1-8(2)4-3-5-18-11-7-9(15(16)17)6-10(13-11)14-12/h6-8H,3-5,12H2,1-2H3,(H,13,14). The van der Waals surface area contributed by atoms with Crippen molar-refractivity contribution in [1.82, 2.24) is 4.98 Å². The first-order chi connectivity index (χ1) is 8.52. The maximum atomic E-state index is 10.7. The number of hydrogen-bond donors (Lipinski definition) is 2. The van der Waals surface area contributed by atoms with Crippen LogP contribution in [0.1, 0.15) is 26.7 Å². The zero-order valence-corrected chi connectivity index (χ0v) is 10.5. The largest absolute Gasteiger partial charge is 0.477 e. The van der Waals surface area contributed by atoms with Crippen molar-refractivity contribution in [2.75, 3.05) is 12.0 Å². The van der Waals surface area contributed by atoms with Crippen LogP contribution in [0.15, 0.2) is 12.1 Å². The van der Waals surface area contributed by atoms with E-state index >= 15 is 0 Å². The van der Waals surface area contributed by atoms with Crippen LogP contribution >= 0.6 is 0 Å². The third-order valence-electron chi connectivity index (χ3n) is 2.32. The molecule has 1 heterocycles. The van der Waals surface area contributed by atoms with Crippen molar-refractivity contribution in [3.63, 3.8) is 0 Å². The van der Waals surface area contributed by atoms with E-state index in [1.807, 2.05) is 0 Å². The number of anilines is 1. The smallest absolute Gasteiger partial charge is 0.278 e. The monoisotopic (exact) mass is 254 g/mol. The van der Waals surface area contributed by atoms with Crippen LogP contribution in [0, 0.1) is 16.0 Å². The molecule has 0 aromatic carbocycles. The number of rotatable bonds is 7. The number of ether oxygens (including phenoxy) is 1. The third kappa shape index (κ3) is 4.54. The first kappa shape index (κ1) is 14.2. The highest BCUT2D eigenvalue weighted by Gasteiger charge is 2.11. The van der Waals surface area contributed by atoms with E-state index in [1.54, 1.807) is 0 Å². The van der Waals surface area contributed by atoms with E-state index in [2.05, 4.69) is 24.3 Å². The van der Waals surface area contributed by atoms with Crippen LogP contribution in [0.2, 0.25) is 0 Å². The Morgan fingerprint density at radius 2 is 2.28 bits per heavy atom. The summed E-state index contributed by atoms with van der Waals surface area (Å²) in [5.74, 6) is 6.22. The lowest BCUT2D eigenvalue weighted by Crippen LogP contribution is -2.10. The average molecular weight is 254 g/mol. The lowest BCUT2D eigenvalue weighted by molar-refractivity contribution is -0.384. The molecule has 1 aromatic rings. The van der Waals surface area contributed by atoms with E-state index in [0.717, 1.165) is 12.8 Å². The molecule has 0 aliphatic rings. The Morgan fingerprint density at radius 1 is 1.56 bits per heavy atom. The van der Waals surface area contributed by atoms with Gasteiger partial charge in [-0.25, -0.2) is 5.84 Å². The summed E-state index contributed by atoms with van der Waals surface area (Å²) in [5.41, 5.74) is 2.18. The van der Waals surface area contributed by atoms with Crippen molar-refractivity contribution in [3.05, 3.63) is 22.2 Å². The number of nitrogens with two attached hydrogens (primary N) is 1. The first-order valence-corrected chi connectivity index (χ1v) is 5.79. The molecule has 1 rings (SSSR count). The van der Waals surface area contributed by atoms with E-state index in [1.165, 1.54) is 12.1 Å². The van der Waals surface area contributed by atoms with Crippen LogP contribution in [0.4, 0.5) is 11.5 Å². The molecule has 0 fully saturated rings. The van der Waals surface area contributed by atoms with Crippen LogP contribution in [-0.4, -0.2) is 16.5 Å². The fourth-order valence-corrected chi connectivity index (χ4v) is 1.41. The highest BCUT2D eigenvalue weighted by molar-refractivity contribution is 5.47. The number of hydrogen-bond acceptors (Lipinski definition) is 6. The van der Waals surface area contributed by atoms with Gasteiger partial charge in [-0.05, 0) is 18.8 Å². The molecule has 0 saturated heterocycles. The molecule has 1 aromatic heterocycles. The fraction of sp³-hybridized carbons (Fsp3) is 0.545. The quantitative estimate of drug-likeness (QED) is 0.334. The van der Waals surface area contributed by atoms with Crippen molar-refractivity contribution in [3.8, 4) is 5.88 Å². The summed E-state index contributed by atoms with van der Waals surface area (Å²) in [6.45, 7) is 4.74. The van der Waals surface area contributed by atoms with Gasteiger partial charge in [-0.3, -0.25) is 10.1 Å². The number of nitro groups is 1. The van der Waals surface area contributed by atoms with Gasteiger partial charge in [0.2, 0.25) is 5.88 Å². The van der Waals surface area contributed by atoms with Crippen molar-refractivity contribution >= 4 is 11.5 Å². The zero-order valence-electron chi connectivity index (χ0n) is 10.5. The molecular weight excluding hydrogens is 236 g/mol. The molecule has 0 amide bonds.